The summed E-state index contributed by atoms with van der Waals surface area (Å²) in [6.45, 7) is 0.347. The number of nitrogens with zero attached hydrogens (tertiary/aromatic N) is 4. The molecular formula is C24H27F2N5O2. The van der Waals surface area contributed by atoms with Crippen LogP contribution in [0.1, 0.15) is 37.3 Å². The van der Waals surface area contributed by atoms with E-state index in [4.69, 9.17) is 4.42 Å². The van der Waals surface area contributed by atoms with Gasteiger partial charge in [-0.15, -0.1) is 0 Å². The molecule has 0 radical (unpaired) electrons. The Labute approximate surface area is 190 Å². The molecule has 2 aliphatic heterocycles. The summed E-state index contributed by atoms with van der Waals surface area (Å²) in [5.41, 5.74) is 2.09. The molecule has 2 fully saturated rings. The zero-order valence-corrected chi connectivity index (χ0v) is 18.5. The third-order valence-corrected chi connectivity index (χ3v) is 6.70. The Morgan fingerprint density at radius 2 is 1.94 bits per heavy atom. The average molecular weight is 456 g/mol. The number of hydrogen-bond donors (Lipinski definition) is 1. The number of pyridine rings is 2. The number of piperidine rings is 1. The molecule has 0 aliphatic carbocycles. The van der Waals surface area contributed by atoms with Crippen LogP contribution in [0, 0.1) is 6.92 Å². The number of amides is 1. The van der Waals surface area contributed by atoms with Gasteiger partial charge in [0.25, 0.3) is 0 Å². The maximum absolute atomic E-state index is 13.2. The molecule has 3 atom stereocenters. The van der Waals surface area contributed by atoms with Crippen LogP contribution in [0.2, 0.25) is 0 Å². The van der Waals surface area contributed by atoms with E-state index in [1.807, 2.05) is 23.1 Å². The van der Waals surface area contributed by atoms with Gasteiger partial charge in [-0.1, -0.05) is 0 Å². The van der Waals surface area contributed by atoms with E-state index in [2.05, 4.69) is 20.3 Å². The minimum Gasteiger partial charge on any atom is -0.439 e. The molecule has 2 aliphatic rings. The maximum atomic E-state index is 13.2. The first-order chi connectivity index (χ1) is 16.0. The highest BCUT2D eigenvalue weighted by Crippen LogP contribution is 2.36. The van der Waals surface area contributed by atoms with Gasteiger partial charge < -0.3 is 14.6 Å². The monoisotopic (exact) mass is 455 g/mol. The van der Waals surface area contributed by atoms with Crippen molar-refractivity contribution < 1.29 is 18.0 Å². The van der Waals surface area contributed by atoms with Gasteiger partial charge in [0.1, 0.15) is 19.0 Å². The number of fused-ring (bicyclic) bond motifs is 3. The van der Waals surface area contributed by atoms with E-state index in [-0.39, 0.29) is 30.5 Å². The van der Waals surface area contributed by atoms with Crippen molar-refractivity contribution in [2.75, 3.05) is 13.3 Å². The topological polar surface area (TPSA) is 84.2 Å². The molecule has 9 heteroatoms. The van der Waals surface area contributed by atoms with Crippen LogP contribution in [0.15, 0.2) is 35.0 Å². The zero-order valence-electron chi connectivity index (χ0n) is 18.5. The molecule has 33 heavy (non-hydrogen) atoms. The highest BCUT2D eigenvalue weighted by atomic mass is 19.1. The van der Waals surface area contributed by atoms with Crippen molar-refractivity contribution in [3.8, 4) is 11.5 Å². The predicted octanol–water partition coefficient (Wildman–Crippen LogP) is 3.55. The molecule has 2 saturated heterocycles. The molecule has 2 bridgehead atoms. The second-order valence-electron chi connectivity index (χ2n) is 9.01. The summed E-state index contributed by atoms with van der Waals surface area (Å²) in [4.78, 5) is 28.4. The standard InChI is InChI=1S/C24H27F2N5O2/c1-14-27-13-23(33-14)21-5-2-15-12-28-16(8-22(15)30-21)9-24(32)31-19-3-4-20(31)7-17(6-19)29-18(10-25)11-26/h2,5,8,12-13,17-20,29H,3-4,6-7,9-11H2,1H3/t17?,19-,20+. The summed E-state index contributed by atoms with van der Waals surface area (Å²) < 4.78 is 31.4. The van der Waals surface area contributed by atoms with Crippen molar-refractivity contribution in [1.82, 2.24) is 25.2 Å². The number of hydrogen-bond acceptors (Lipinski definition) is 6. The Hall–Kier alpha value is -2.94. The Morgan fingerprint density at radius 1 is 1.18 bits per heavy atom. The predicted molar refractivity (Wildman–Crippen MR) is 119 cm³/mol. The summed E-state index contributed by atoms with van der Waals surface area (Å²) in [5, 5.41) is 3.97. The van der Waals surface area contributed by atoms with Gasteiger partial charge in [0, 0.05) is 36.6 Å². The highest BCUT2D eigenvalue weighted by molar-refractivity contribution is 5.83. The molecule has 5 heterocycles. The minimum atomic E-state index is -0.753. The lowest BCUT2D eigenvalue weighted by Gasteiger charge is -2.40. The van der Waals surface area contributed by atoms with Crippen LogP contribution in [-0.4, -0.2) is 63.3 Å². The molecule has 174 valence electrons. The van der Waals surface area contributed by atoms with E-state index in [1.54, 1.807) is 19.3 Å². The van der Waals surface area contributed by atoms with E-state index in [0.29, 0.717) is 23.0 Å². The molecule has 0 aromatic carbocycles. The van der Waals surface area contributed by atoms with Crippen LogP contribution in [0.3, 0.4) is 0 Å². The van der Waals surface area contributed by atoms with Crippen LogP contribution in [0.25, 0.3) is 22.4 Å². The van der Waals surface area contributed by atoms with Gasteiger partial charge in [0.15, 0.2) is 11.7 Å². The van der Waals surface area contributed by atoms with Gasteiger partial charge >= 0.3 is 0 Å². The number of halogens is 2. The Bertz CT molecular complexity index is 1130. The first kappa shape index (κ1) is 21.9. The van der Waals surface area contributed by atoms with Crippen molar-refractivity contribution in [2.45, 2.75) is 63.2 Å². The zero-order chi connectivity index (χ0) is 22.9. The molecule has 0 spiro atoms. The lowest BCUT2D eigenvalue weighted by atomic mass is 9.96. The Morgan fingerprint density at radius 3 is 2.61 bits per heavy atom. The molecule has 7 nitrogen and oxygen atoms in total. The highest BCUT2D eigenvalue weighted by Gasteiger charge is 2.43. The van der Waals surface area contributed by atoms with E-state index in [0.717, 1.165) is 36.6 Å². The van der Waals surface area contributed by atoms with Gasteiger partial charge in [-0.25, -0.2) is 18.7 Å². The van der Waals surface area contributed by atoms with Crippen LogP contribution >= 0.6 is 0 Å². The fourth-order valence-corrected chi connectivity index (χ4v) is 5.20. The van der Waals surface area contributed by atoms with Gasteiger partial charge in [0.05, 0.1) is 29.9 Å². The van der Waals surface area contributed by atoms with E-state index < -0.39 is 19.4 Å². The van der Waals surface area contributed by atoms with Crippen LogP contribution in [0.4, 0.5) is 8.78 Å². The summed E-state index contributed by atoms with van der Waals surface area (Å²) in [7, 11) is 0. The van der Waals surface area contributed by atoms with Crippen molar-refractivity contribution in [3.05, 3.63) is 42.2 Å². The van der Waals surface area contributed by atoms with Gasteiger partial charge in [-0.05, 0) is 43.9 Å². The first-order valence-electron chi connectivity index (χ1n) is 11.4. The lowest BCUT2D eigenvalue weighted by molar-refractivity contribution is -0.135. The quantitative estimate of drug-likeness (QED) is 0.587. The fraction of sp³-hybridized carbons (Fsp3) is 0.500. The second-order valence-corrected chi connectivity index (χ2v) is 9.01. The largest absolute Gasteiger partial charge is 0.439 e. The second kappa shape index (κ2) is 9.13. The number of alkyl halides is 2. The lowest BCUT2D eigenvalue weighted by Crippen LogP contribution is -2.54. The van der Waals surface area contributed by atoms with Crippen molar-refractivity contribution in [2.24, 2.45) is 0 Å². The Balaban J connectivity index is 1.29. The van der Waals surface area contributed by atoms with Crippen molar-refractivity contribution in [3.63, 3.8) is 0 Å². The smallest absolute Gasteiger partial charge is 0.229 e. The minimum absolute atomic E-state index is 0.0438. The van der Waals surface area contributed by atoms with Gasteiger partial charge in [-0.2, -0.15) is 0 Å². The van der Waals surface area contributed by atoms with Crippen molar-refractivity contribution in [1.29, 1.82) is 0 Å². The summed E-state index contributed by atoms with van der Waals surface area (Å²) in [6.07, 6.45) is 6.89. The van der Waals surface area contributed by atoms with Crippen LogP contribution < -0.4 is 5.32 Å². The fourth-order valence-electron chi connectivity index (χ4n) is 5.20. The SMILES string of the molecule is Cc1ncc(-c2ccc3cnc(CC(=O)N4[C@@H]5CC[C@H]4CC(NC(CF)CF)C5)cc3n2)o1. The first-order valence-corrected chi connectivity index (χ1v) is 11.4. The number of oxazole rings is 1. The van der Waals surface area contributed by atoms with E-state index in [9.17, 15) is 13.6 Å². The number of carbonyl (C=O) groups excluding carboxylic acids is 1. The Kier molecular flexibility index (Phi) is 6.05. The summed E-state index contributed by atoms with van der Waals surface area (Å²) in [6, 6.07) is 5.14. The molecule has 5 rings (SSSR count). The third-order valence-electron chi connectivity index (χ3n) is 6.70. The molecule has 1 amide bonds. The molecule has 0 saturated carbocycles. The molecule has 1 unspecified atom stereocenters. The number of aryl methyl sites for hydroxylation is 1. The van der Waals surface area contributed by atoms with Gasteiger partial charge in [0.2, 0.25) is 5.91 Å². The molecule has 1 N–H and O–H groups in total. The van der Waals surface area contributed by atoms with E-state index in [1.165, 1.54) is 0 Å². The summed E-state index contributed by atoms with van der Waals surface area (Å²) >= 11 is 0. The number of aromatic nitrogens is 3. The van der Waals surface area contributed by atoms with Crippen molar-refractivity contribution >= 4 is 16.8 Å². The molecular weight excluding hydrogens is 428 g/mol. The normalized spacial score (nSPS) is 22.4. The number of carbonyl (C=O) groups is 1. The van der Waals surface area contributed by atoms with Crippen LogP contribution in [0.5, 0.6) is 0 Å². The van der Waals surface area contributed by atoms with E-state index >= 15 is 0 Å². The molecule has 3 aromatic heterocycles. The van der Waals surface area contributed by atoms with Gasteiger partial charge in [-0.3, -0.25) is 9.78 Å². The maximum Gasteiger partial charge on any atom is 0.229 e. The molecule has 3 aromatic rings. The summed E-state index contributed by atoms with van der Waals surface area (Å²) in [5.74, 6) is 1.22. The third kappa shape index (κ3) is 4.46. The number of nitrogens with one attached hydrogen (secondary N) is 1. The van der Waals surface area contributed by atoms with Crippen LogP contribution in [-0.2, 0) is 11.2 Å². The number of rotatable bonds is 7. The average Bonchev–Trinajstić information content (AvgIpc) is 3.37.